The van der Waals surface area contributed by atoms with Gasteiger partial charge in [-0.2, -0.15) is 0 Å². The lowest BCUT2D eigenvalue weighted by Crippen LogP contribution is -2.39. The lowest BCUT2D eigenvalue weighted by molar-refractivity contribution is 0.0570. The van der Waals surface area contributed by atoms with E-state index in [2.05, 4.69) is 0 Å². The minimum absolute atomic E-state index is 0.100. The number of furan rings is 1. The first-order valence-corrected chi connectivity index (χ1v) is 9.65. The van der Waals surface area contributed by atoms with Crippen LogP contribution in [0.3, 0.4) is 0 Å². The summed E-state index contributed by atoms with van der Waals surface area (Å²) in [5, 5.41) is 0.887. The third-order valence-electron chi connectivity index (χ3n) is 5.66. The van der Waals surface area contributed by atoms with Gasteiger partial charge in [-0.1, -0.05) is 0 Å². The summed E-state index contributed by atoms with van der Waals surface area (Å²) in [6.07, 6.45) is 3.42. The molecule has 1 fully saturated rings. The number of likely N-dealkylation sites (tertiary alicyclic amines) is 1. The highest BCUT2D eigenvalue weighted by Gasteiger charge is 2.29. The fourth-order valence-corrected chi connectivity index (χ4v) is 4.01. The highest BCUT2D eigenvalue weighted by Crippen LogP contribution is 2.31. The topological polar surface area (TPSA) is 73.9 Å². The standard InChI is InChI=1S/C22H24N2O5/c1-14-17-13-16(27-2)6-7-19(17)29-20(14)21(25)23-11-8-15(9-12-23)24-10-4-5-18(24)22(26)28-3/h4-7,10,13,15H,8-9,11-12H2,1-3H3. The molecule has 3 heterocycles. The second-order valence-electron chi connectivity index (χ2n) is 7.23. The number of nitrogens with zero attached hydrogens (tertiary/aromatic N) is 2. The number of hydrogen-bond acceptors (Lipinski definition) is 5. The van der Waals surface area contributed by atoms with Gasteiger partial charge in [0.1, 0.15) is 17.0 Å². The molecule has 1 amide bonds. The molecule has 0 aliphatic carbocycles. The molecule has 1 aliphatic heterocycles. The van der Waals surface area contributed by atoms with Crippen LogP contribution in [0.2, 0.25) is 0 Å². The SMILES string of the molecule is COC(=O)c1cccn1C1CCN(C(=O)c2oc3ccc(OC)cc3c2C)CC1. The quantitative estimate of drug-likeness (QED) is 0.627. The van der Waals surface area contributed by atoms with Gasteiger partial charge in [-0.15, -0.1) is 0 Å². The maximum Gasteiger partial charge on any atom is 0.354 e. The van der Waals surface area contributed by atoms with Crippen molar-refractivity contribution in [2.24, 2.45) is 0 Å². The zero-order valence-electron chi connectivity index (χ0n) is 16.8. The maximum absolute atomic E-state index is 13.1. The van der Waals surface area contributed by atoms with Crippen LogP contribution >= 0.6 is 0 Å². The molecule has 1 saturated heterocycles. The minimum atomic E-state index is -0.346. The molecule has 0 saturated carbocycles. The molecule has 0 unspecified atom stereocenters. The van der Waals surface area contributed by atoms with Gasteiger partial charge in [0.25, 0.3) is 5.91 Å². The Morgan fingerprint density at radius 2 is 1.90 bits per heavy atom. The fourth-order valence-electron chi connectivity index (χ4n) is 4.01. The Kier molecular flexibility index (Phi) is 5.05. The lowest BCUT2D eigenvalue weighted by atomic mass is 10.0. The summed E-state index contributed by atoms with van der Waals surface area (Å²) >= 11 is 0. The summed E-state index contributed by atoms with van der Waals surface area (Å²) in [7, 11) is 3.00. The Morgan fingerprint density at radius 1 is 1.14 bits per heavy atom. The van der Waals surface area contributed by atoms with Crippen molar-refractivity contribution < 1.29 is 23.5 Å². The van der Waals surface area contributed by atoms with Crippen LogP contribution in [0.5, 0.6) is 5.75 Å². The van der Waals surface area contributed by atoms with Crippen molar-refractivity contribution in [2.75, 3.05) is 27.3 Å². The Morgan fingerprint density at radius 3 is 2.59 bits per heavy atom. The third kappa shape index (κ3) is 3.37. The van der Waals surface area contributed by atoms with Gasteiger partial charge in [-0.3, -0.25) is 4.79 Å². The maximum atomic E-state index is 13.1. The molecule has 2 aromatic heterocycles. The Labute approximate surface area is 168 Å². The van der Waals surface area contributed by atoms with Crippen molar-refractivity contribution in [3.63, 3.8) is 0 Å². The van der Waals surface area contributed by atoms with Crippen molar-refractivity contribution in [2.45, 2.75) is 25.8 Å². The summed E-state index contributed by atoms with van der Waals surface area (Å²) in [5.41, 5.74) is 2.04. The first-order valence-electron chi connectivity index (χ1n) is 9.65. The summed E-state index contributed by atoms with van der Waals surface area (Å²) in [6.45, 7) is 3.10. The number of piperidine rings is 1. The van der Waals surface area contributed by atoms with E-state index in [1.165, 1.54) is 7.11 Å². The van der Waals surface area contributed by atoms with Crippen LogP contribution in [-0.4, -0.2) is 48.7 Å². The number of aryl methyl sites for hydroxylation is 1. The molecule has 7 heteroatoms. The molecule has 29 heavy (non-hydrogen) atoms. The smallest absolute Gasteiger partial charge is 0.354 e. The number of hydrogen-bond donors (Lipinski definition) is 0. The molecule has 3 aromatic rings. The molecule has 152 valence electrons. The first kappa shape index (κ1) is 19.1. The summed E-state index contributed by atoms with van der Waals surface area (Å²) < 4.78 is 17.9. The van der Waals surface area contributed by atoms with Gasteiger partial charge in [0.05, 0.1) is 14.2 Å². The molecule has 0 radical (unpaired) electrons. The van der Waals surface area contributed by atoms with Crippen LogP contribution < -0.4 is 4.74 Å². The zero-order chi connectivity index (χ0) is 20.5. The molecule has 1 aliphatic rings. The molecule has 1 aromatic carbocycles. The van der Waals surface area contributed by atoms with Crippen LogP contribution in [0.15, 0.2) is 40.9 Å². The molecule has 7 nitrogen and oxygen atoms in total. The molecular formula is C22H24N2O5. The summed E-state index contributed by atoms with van der Waals surface area (Å²) in [5.74, 6) is 0.663. The van der Waals surface area contributed by atoms with E-state index in [1.54, 1.807) is 13.2 Å². The number of carbonyl (C=O) groups excluding carboxylic acids is 2. The van der Waals surface area contributed by atoms with Crippen LogP contribution in [0, 0.1) is 6.92 Å². The van der Waals surface area contributed by atoms with Crippen LogP contribution in [0.1, 0.15) is 45.5 Å². The number of rotatable bonds is 4. The van der Waals surface area contributed by atoms with Crippen molar-refractivity contribution >= 4 is 22.8 Å². The van der Waals surface area contributed by atoms with E-state index in [0.29, 0.717) is 30.1 Å². The van der Waals surface area contributed by atoms with Gasteiger partial charge < -0.3 is 23.4 Å². The molecule has 0 atom stereocenters. The second-order valence-corrected chi connectivity index (χ2v) is 7.23. The normalized spacial score (nSPS) is 14.9. The number of methoxy groups -OCH3 is 2. The number of amides is 1. The number of carbonyl (C=O) groups is 2. The van der Waals surface area contributed by atoms with E-state index >= 15 is 0 Å². The summed E-state index contributed by atoms with van der Waals surface area (Å²) in [6, 6.07) is 9.29. The highest BCUT2D eigenvalue weighted by atomic mass is 16.5. The monoisotopic (exact) mass is 396 g/mol. The average molecular weight is 396 g/mol. The predicted molar refractivity (Wildman–Crippen MR) is 107 cm³/mol. The number of fused-ring (bicyclic) bond motifs is 1. The Balaban J connectivity index is 1.50. The zero-order valence-corrected chi connectivity index (χ0v) is 16.8. The molecule has 0 N–H and O–H groups in total. The third-order valence-corrected chi connectivity index (χ3v) is 5.66. The lowest BCUT2D eigenvalue weighted by Gasteiger charge is -2.33. The van der Waals surface area contributed by atoms with Gasteiger partial charge in [0.15, 0.2) is 5.76 Å². The Bertz CT molecular complexity index is 1060. The largest absolute Gasteiger partial charge is 0.497 e. The van der Waals surface area contributed by atoms with Gasteiger partial charge >= 0.3 is 5.97 Å². The van der Waals surface area contributed by atoms with Crippen LogP contribution in [0.4, 0.5) is 0 Å². The van der Waals surface area contributed by atoms with Gasteiger partial charge in [-0.25, -0.2) is 4.79 Å². The highest BCUT2D eigenvalue weighted by molar-refractivity contribution is 5.99. The van der Waals surface area contributed by atoms with Gasteiger partial charge in [0.2, 0.25) is 0 Å². The van der Waals surface area contributed by atoms with Crippen molar-refractivity contribution in [1.29, 1.82) is 0 Å². The number of ether oxygens (including phenoxy) is 2. The van der Waals surface area contributed by atoms with Crippen molar-refractivity contribution in [1.82, 2.24) is 9.47 Å². The average Bonchev–Trinajstić information content (AvgIpc) is 3.37. The van der Waals surface area contributed by atoms with Crippen LogP contribution in [0.25, 0.3) is 11.0 Å². The molecule has 4 rings (SSSR count). The van der Waals surface area contributed by atoms with Gasteiger partial charge in [0, 0.05) is 36.3 Å². The fraction of sp³-hybridized carbons (Fsp3) is 0.364. The number of benzene rings is 1. The predicted octanol–water partition coefficient (Wildman–Crippen LogP) is 3.82. The van der Waals surface area contributed by atoms with Crippen molar-refractivity contribution in [3.05, 3.63) is 53.5 Å². The number of aromatic nitrogens is 1. The second kappa shape index (κ2) is 7.66. The minimum Gasteiger partial charge on any atom is -0.497 e. The van der Waals surface area contributed by atoms with E-state index in [-0.39, 0.29) is 17.9 Å². The van der Waals surface area contributed by atoms with Crippen LogP contribution in [-0.2, 0) is 4.74 Å². The first-order chi connectivity index (χ1) is 14.0. The summed E-state index contributed by atoms with van der Waals surface area (Å²) in [4.78, 5) is 26.8. The number of esters is 1. The van der Waals surface area contributed by atoms with E-state index in [1.807, 2.05) is 46.9 Å². The van der Waals surface area contributed by atoms with E-state index < -0.39 is 0 Å². The Hall–Kier alpha value is -3.22. The van der Waals surface area contributed by atoms with E-state index in [0.717, 1.165) is 29.5 Å². The molecule has 0 bridgehead atoms. The van der Waals surface area contributed by atoms with E-state index in [4.69, 9.17) is 13.9 Å². The van der Waals surface area contributed by atoms with Gasteiger partial charge in [-0.05, 0) is 50.1 Å². The van der Waals surface area contributed by atoms with Crippen molar-refractivity contribution in [3.8, 4) is 5.75 Å². The molecular weight excluding hydrogens is 372 g/mol. The van der Waals surface area contributed by atoms with E-state index in [9.17, 15) is 9.59 Å². The molecule has 0 spiro atoms.